The van der Waals surface area contributed by atoms with E-state index >= 15 is 0 Å². The van der Waals surface area contributed by atoms with Crippen LogP contribution in [0.15, 0.2) is 30.3 Å². The van der Waals surface area contributed by atoms with Crippen LogP contribution in [0.25, 0.3) is 0 Å². The average molecular weight is 328 g/mol. The van der Waals surface area contributed by atoms with Crippen LogP contribution in [-0.2, 0) is 0 Å². The van der Waals surface area contributed by atoms with Gasteiger partial charge in [0.1, 0.15) is 5.75 Å². The number of ether oxygens (including phenoxy) is 1. The molecule has 0 bridgehead atoms. The first-order valence-electron chi connectivity index (χ1n) is 6.65. The maximum atomic E-state index is 12.7. The summed E-state index contributed by atoms with van der Waals surface area (Å²) in [6.07, 6.45) is 0. The Morgan fingerprint density at radius 3 is 2.27 bits per heavy atom. The summed E-state index contributed by atoms with van der Waals surface area (Å²) in [4.78, 5) is 12.7. The Hall–Kier alpha value is -0.773. The van der Waals surface area contributed by atoms with Gasteiger partial charge in [0.25, 0.3) is 0 Å². The molecule has 0 amide bonds. The fourth-order valence-electron chi connectivity index (χ4n) is 2.45. The maximum Gasteiger partial charge on any atom is 1.00 e. The Morgan fingerprint density at radius 2 is 1.73 bits per heavy atom. The minimum absolute atomic E-state index is 0. The summed E-state index contributed by atoms with van der Waals surface area (Å²) in [5.41, 5.74) is 3.98. The van der Waals surface area contributed by atoms with Crippen molar-refractivity contribution in [3.8, 4) is 5.75 Å². The van der Waals surface area contributed by atoms with Gasteiger partial charge in [-0.15, -0.1) is 0 Å². The van der Waals surface area contributed by atoms with E-state index in [9.17, 15) is 4.79 Å². The Morgan fingerprint density at radius 1 is 1.14 bits per heavy atom. The summed E-state index contributed by atoms with van der Waals surface area (Å²) in [5.74, 6) is 0.530. The SMILES string of the molecule is COc1cccc(Cl)c1C(=O)Pc1c(C)cc(C)cc1C.[Li+]. The number of halogens is 1. The molecule has 2 rings (SSSR count). The third kappa shape index (κ3) is 4.15. The second-order valence-electron chi connectivity index (χ2n) is 5.04. The molecule has 0 aliphatic rings. The smallest absolute Gasteiger partial charge is 0.496 e. The first-order chi connectivity index (χ1) is 9.93. The molecule has 0 spiro atoms. The number of methoxy groups -OCH3 is 1. The van der Waals surface area contributed by atoms with Crippen LogP contribution in [-0.4, -0.2) is 12.6 Å². The van der Waals surface area contributed by atoms with Crippen LogP contribution < -0.4 is 28.9 Å². The van der Waals surface area contributed by atoms with Gasteiger partial charge in [-0.05, 0) is 57.9 Å². The van der Waals surface area contributed by atoms with Crippen molar-refractivity contribution in [1.29, 1.82) is 0 Å². The van der Waals surface area contributed by atoms with E-state index in [-0.39, 0.29) is 33.0 Å². The van der Waals surface area contributed by atoms with Gasteiger partial charge in [0, 0.05) is 0 Å². The van der Waals surface area contributed by atoms with Crippen molar-refractivity contribution in [3.05, 3.63) is 57.6 Å². The third-order valence-corrected chi connectivity index (χ3v) is 5.17. The van der Waals surface area contributed by atoms with Crippen LogP contribution in [0.5, 0.6) is 5.75 Å². The Balaban J connectivity index is 0.00000242. The predicted molar refractivity (Wildman–Crippen MR) is 90.9 cm³/mol. The van der Waals surface area contributed by atoms with Crippen LogP contribution in [0.1, 0.15) is 27.0 Å². The molecule has 2 aromatic rings. The van der Waals surface area contributed by atoms with E-state index in [4.69, 9.17) is 16.3 Å². The molecular weight excluding hydrogens is 310 g/mol. The fourth-order valence-corrected chi connectivity index (χ4v) is 3.93. The van der Waals surface area contributed by atoms with Crippen LogP contribution in [0.2, 0.25) is 5.02 Å². The van der Waals surface area contributed by atoms with Crippen LogP contribution >= 0.6 is 20.2 Å². The summed E-state index contributed by atoms with van der Waals surface area (Å²) in [6.45, 7) is 6.14. The number of carbonyl (C=O) groups excluding carboxylic acids is 1. The van der Waals surface area contributed by atoms with E-state index in [1.807, 2.05) is 13.8 Å². The van der Waals surface area contributed by atoms with E-state index in [2.05, 4.69) is 19.1 Å². The topological polar surface area (TPSA) is 26.3 Å². The average Bonchev–Trinajstić information content (AvgIpc) is 2.42. The minimum atomic E-state index is 0. The zero-order chi connectivity index (χ0) is 15.6. The van der Waals surface area contributed by atoms with Crippen LogP contribution in [0.3, 0.4) is 0 Å². The summed E-state index contributed by atoms with van der Waals surface area (Å²) in [7, 11) is 1.59. The molecule has 2 nitrogen and oxygen atoms in total. The third-order valence-electron chi connectivity index (χ3n) is 3.34. The van der Waals surface area contributed by atoms with Gasteiger partial charge in [0.2, 0.25) is 0 Å². The van der Waals surface area contributed by atoms with Gasteiger partial charge in [-0.1, -0.05) is 35.4 Å². The van der Waals surface area contributed by atoms with Crippen molar-refractivity contribution >= 4 is 31.0 Å². The predicted octanol–water partition coefficient (Wildman–Crippen LogP) is 1.42. The summed E-state index contributed by atoms with van der Waals surface area (Å²) in [6, 6.07) is 9.47. The van der Waals surface area contributed by atoms with Gasteiger partial charge >= 0.3 is 18.9 Å². The second kappa shape index (κ2) is 8.18. The molecule has 0 aliphatic heterocycles. The fraction of sp³-hybridized carbons (Fsp3) is 0.235. The molecular formula is C17H18ClLiO2P+. The van der Waals surface area contributed by atoms with E-state index in [1.54, 1.807) is 25.3 Å². The van der Waals surface area contributed by atoms with Gasteiger partial charge in [-0.3, -0.25) is 4.79 Å². The molecule has 0 heterocycles. The van der Waals surface area contributed by atoms with Crippen molar-refractivity contribution in [2.24, 2.45) is 0 Å². The molecule has 0 fully saturated rings. The molecule has 0 saturated carbocycles. The Bertz CT molecular complexity index is 678. The Labute approximate surface area is 150 Å². The first kappa shape index (κ1) is 19.3. The second-order valence-corrected chi connectivity index (χ2v) is 6.66. The Kier molecular flexibility index (Phi) is 7.17. The van der Waals surface area contributed by atoms with Crippen molar-refractivity contribution in [1.82, 2.24) is 0 Å². The van der Waals surface area contributed by atoms with Crippen molar-refractivity contribution in [2.45, 2.75) is 20.8 Å². The van der Waals surface area contributed by atoms with Gasteiger partial charge < -0.3 is 4.74 Å². The van der Waals surface area contributed by atoms with Gasteiger partial charge in [-0.25, -0.2) is 0 Å². The molecule has 110 valence electrons. The number of hydrogen-bond acceptors (Lipinski definition) is 2. The van der Waals surface area contributed by atoms with Crippen LogP contribution in [0.4, 0.5) is 0 Å². The largest absolute Gasteiger partial charge is 1.00 e. The molecule has 0 saturated heterocycles. The number of rotatable bonds is 4. The van der Waals surface area contributed by atoms with Crippen LogP contribution in [0, 0.1) is 20.8 Å². The molecule has 1 atom stereocenters. The zero-order valence-corrected chi connectivity index (χ0v) is 15.3. The molecule has 22 heavy (non-hydrogen) atoms. The van der Waals surface area contributed by atoms with Gasteiger partial charge in [-0.2, -0.15) is 0 Å². The normalized spacial score (nSPS) is 10.6. The molecule has 2 aromatic carbocycles. The summed E-state index contributed by atoms with van der Waals surface area (Å²) < 4.78 is 5.26. The quantitative estimate of drug-likeness (QED) is 0.627. The molecule has 5 heteroatoms. The molecule has 0 radical (unpaired) electrons. The van der Waals surface area contributed by atoms with E-state index in [1.165, 1.54) is 5.56 Å². The summed E-state index contributed by atoms with van der Waals surface area (Å²) >= 11 is 6.18. The van der Waals surface area contributed by atoms with E-state index in [0.29, 0.717) is 16.3 Å². The monoisotopic (exact) mass is 327 g/mol. The van der Waals surface area contributed by atoms with Crippen molar-refractivity contribution < 1.29 is 28.4 Å². The van der Waals surface area contributed by atoms with Gasteiger partial charge in [0.05, 0.1) is 17.7 Å². The zero-order valence-electron chi connectivity index (χ0n) is 13.6. The molecule has 0 aliphatic carbocycles. The molecule has 0 N–H and O–H groups in total. The van der Waals surface area contributed by atoms with Crippen molar-refractivity contribution in [3.63, 3.8) is 0 Å². The molecule has 1 unspecified atom stereocenters. The minimum Gasteiger partial charge on any atom is -0.496 e. The number of hydrogen-bond donors (Lipinski definition) is 0. The molecule has 0 aromatic heterocycles. The van der Waals surface area contributed by atoms with Gasteiger partial charge in [0.15, 0.2) is 5.52 Å². The van der Waals surface area contributed by atoms with Crippen molar-refractivity contribution in [2.75, 3.05) is 7.11 Å². The first-order valence-corrected chi connectivity index (χ1v) is 8.03. The van der Waals surface area contributed by atoms with E-state index in [0.717, 1.165) is 16.4 Å². The number of benzene rings is 2. The standard InChI is InChI=1S/C17H18ClO2P.Li/c1-10-8-11(2)16(12(3)9-10)21-17(19)15-13(18)6-5-7-14(15)20-4;/h5-9,21H,1-4H3;/q;+1. The maximum absolute atomic E-state index is 12.7. The van der Waals surface area contributed by atoms with E-state index < -0.39 is 0 Å². The number of carbonyl (C=O) groups is 1. The summed E-state index contributed by atoms with van der Waals surface area (Å²) in [5, 5.41) is 1.53. The number of aryl methyl sites for hydroxylation is 3.